The van der Waals surface area contributed by atoms with Crippen molar-refractivity contribution in [3.8, 4) is 0 Å². The van der Waals surface area contributed by atoms with Crippen LogP contribution >= 0.6 is 11.3 Å². The van der Waals surface area contributed by atoms with Crippen LogP contribution in [0, 0.1) is 6.92 Å². The molecule has 0 bridgehead atoms. The van der Waals surface area contributed by atoms with Gasteiger partial charge in [-0.3, -0.25) is 0 Å². The van der Waals surface area contributed by atoms with Crippen molar-refractivity contribution in [2.24, 2.45) is 0 Å². The van der Waals surface area contributed by atoms with Crippen molar-refractivity contribution in [1.29, 1.82) is 0 Å². The first-order valence-electron chi connectivity index (χ1n) is 6.44. The molecule has 0 aliphatic rings. The summed E-state index contributed by atoms with van der Waals surface area (Å²) in [4.78, 5) is 5.65. The van der Waals surface area contributed by atoms with Crippen LogP contribution in [-0.2, 0) is 6.42 Å². The molecule has 2 aromatic rings. The molecule has 0 amide bonds. The number of benzene rings is 1. The molecule has 2 nitrogen and oxygen atoms in total. The smallest absolute Gasteiger partial charge is 0.0798 e. The molecule has 0 saturated carbocycles. The molecule has 0 spiro atoms. The van der Waals surface area contributed by atoms with Crippen molar-refractivity contribution in [2.75, 3.05) is 6.54 Å². The van der Waals surface area contributed by atoms with Gasteiger partial charge >= 0.3 is 0 Å². The lowest BCUT2D eigenvalue weighted by Crippen LogP contribution is -2.20. The van der Waals surface area contributed by atoms with E-state index in [1.807, 2.05) is 5.51 Å². The summed E-state index contributed by atoms with van der Waals surface area (Å²) in [5, 5.41) is 3.57. The Hall–Kier alpha value is -1.19. The molecule has 1 unspecified atom stereocenters. The van der Waals surface area contributed by atoms with Crippen molar-refractivity contribution in [3.05, 3.63) is 52.0 Å². The third kappa shape index (κ3) is 3.65. The highest BCUT2D eigenvalue weighted by Gasteiger charge is 2.09. The summed E-state index contributed by atoms with van der Waals surface area (Å²) in [7, 11) is 0. The van der Waals surface area contributed by atoms with Gasteiger partial charge in [0.05, 0.1) is 11.2 Å². The number of nitrogens with zero attached hydrogens (tertiary/aromatic N) is 1. The second kappa shape index (κ2) is 6.66. The minimum atomic E-state index is 0.410. The maximum atomic E-state index is 4.29. The largest absolute Gasteiger partial charge is 0.309 e. The molecule has 1 heterocycles. The maximum absolute atomic E-state index is 4.29. The molecule has 1 atom stereocenters. The average Bonchev–Trinajstić information content (AvgIpc) is 2.82. The van der Waals surface area contributed by atoms with Crippen molar-refractivity contribution < 1.29 is 0 Å². The summed E-state index contributed by atoms with van der Waals surface area (Å²) < 4.78 is 0. The van der Waals surface area contributed by atoms with Crippen LogP contribution in [0.2, 0.25) is 0 Å². The van der Waals surface area contributed by atoms with Crippen LogP contribution in [0.5, 0.6) is 0 Å². The summed E-state index contributed by atoms with van der Waals surface area (Å²) >= 11 is 1.74. The Morgan fingerprint density at radius 3 is 2.72 bits per heavy atom. The van der Waals surface area contributed by atoms with E-state index < -0.39 is 0 Å². The third-order valence-electron chi connectivity index (χ3n) is 3.11. The number of nitrogens with one attached hydrogen (secondary N) is 1. The van der Waals surface area contributed by atoms with Crippen LogP contribution < -0.4 is 5.32 Å². The zero-order valence-corrected chi connectivity index (χ0v) is 11.8. The molecular formula is C15H20N2S. The van der Waals surface area contributed by atoms with E-state index in [1.165, 1.54) is 16.9 Å². The minimum Gasteiger partial charge on any atom is -0.309 e. The van der Waals surface area contributed by atoms with Gasteiger partial charge in [-0.05, 0) is 38.8 Å². The molecule has 0 saturated heterocycles. The SMILES string of the molecule is Cc1ncsc1C(C)NCCCc1ccccc1. The maximum Gasteiger partial charge on any atom is 0.0798 e. The summed E-state index contributed by atoms with van der Waals surface area (Å²) in [5.74, 6) is 0. The Bertz CT molecular complexity index is 464. The van der Waals surface area contributed by atoms with Crippen molar-refractivity contribution in [1.82, 2.24) is 10.3 Å². The van der Waals surface area contributed by atoms with E-state index in [0.29, 0.717) is 6.04 Å². The van der Waals surface area contributed by atoms with E-state index in [2.05, 4.69) is 54.5 Å². The van der Waals surface area contributed by atoms with Crippen molar-refractivity contribution in [2.45, 2.75) is 32.7 Å². The highest BCUT2D eigenvalue weighted by molar-refractivity contribution is 7.09. The summed E-state index contributed by atoms with van der Waals surface area (Å²) in [5.41, 5.74) is 4.50. The number of hydrogen-bond acceptors (Lipinski definition) is 3. The van der Waals surface area contributed by atoms with E-state index in [9.17, 15) is 0 Å². The number of aromatic nitrogens is 1. The van der Waals surface area contributed by atoms with Gasteiger partial charge in [0.1, 0.15) is 0 Å². The lowest BCUT2D eigenvalue weighted by molar-refractivity contribution is 0.562. The van der Waals surface area contributed by atoms with E-state index in [-0.39, 0.29) is 0 Å². The van der Waals surface area contributed by atoms with Gasteiger partial charge in [-0.2, -0.15) is 0 Å². The minimum absolute atomic E-state index is 0.410. The Labute approximate surface area is 113 Å². The highest BCUT2D eigenvalue weighted by atomic mass is 32.1. The Kier molecular flexibility index (Phi) is 4.90. The summed E-state index contributed by atoms with van der Waals surface area (Å²) in [6.45, 7) is 5.34. The van der Waals surface area contributed by atoms with Gasteiger partial charge < -0.3 is 5.32 Å². The lowest BCUT2D eigenvalue weighted by atomic mass is 10.1. The first kappa shape index (κ1) is 13.2. The summed E-state index contributed by atoms with van der Waals surface area (Å²) in [6.07, 6.45) is 2.31. The predicted molar refractivity (Wildman–Crippen MR) is 78.0 cm³/mol. The molecule has 0 radical (unpaired) electrons. The van der Waals surface area contributed by atoms with Crippen LogP contribution in [-0.4, -0.2) is 11.5 Å². The number of hydrogen-bond donors (Lipinski definition) is 1. The Morgan fingerprint density at radius 2 is 2.06 bits per heavy atom. The molecule has 1 aromatic carbocycles. The van der Waals surface area contributed by atoms with E-state index in [4.69, 9.17) is 0 Å². The molecule has 96 valence electrons. The fourth-order valence-electron chi connectivity index (χ4n) is 2.07. The van der Waals surface area contributed by atoms with Gasteiger partial charge in [-0.1, -0.05) is 30.3 Å². The Morgan fingerprint density at radius 1 is 1.28 bits per heavy atom. The van der Waals surface area contributed by atoms with Gasteiger partial charge in [0.15, 0.2) is 0 Å². The molecule has 2 rings (SSSR count). The molecule has 1 N–H and O–H groups in total. The average molecular weight is 260 g/mol. The lowest BCUT2D eigenvalue weighted by Gasteiger charge is -2.12. The van der Waals surface area contributed by atoms with Crippen LogP contribution in [0.15, 0.2) is 35.8 Å². The van der Waals surface area contributed by atoms with Gasteiger partial charge in [-0.25, -0.2) is 4.98 Å². The van der Waals surface area contributed by atoms with Crippen LogP contribution in [0.3, 0.4) is 0 Å². The van der Waals surface area contributed by atoms with Gasteiger partial charge in [0.2, 0.25) is 0 Å². The fraction of sp³-hybridized carbons (Fsp3) is 0.400. The number of rotatable bonds is 6. The first-order valence-corrected chi connectivity index (χ1v) is 7.32. The van der Waals surface area contributed by atoms with Crippen LogP contribution in [0.25, 0.3) is 0 Å². The highest BCUT2D eigenvalue weighted by Crippen LogP contribution is 2.20. The predicted octanol–water partition coefficient (Wildman–Crippen LogP) is 3.73. The number of aryl methyl sites for hydroxylation is 2. The molecule has 0 aliphatic carbocycles. The summed E-state index contributed by atoms with van der Waals surface area (Å²) in [6, 6.07) is 11.1. The zero-order valence-electron chi connectivity index (χ0n) is 11.0. The van der Waals surface area contributed by atoms with E-state index in [0.717, 1.165) is 18.7 Å². The second-order valence-corrected chi connectivity index (χ2v) is 5.45. The third-order valence-corrected chi connectivity index (χ3v) is 4.23. The number of thiazole rings is 1. The molecule has 0 fully saturated rings. The molecular weight excluding hydrogens is 240 g/mol. The molecule has 0 aliphatic heterocycles. The quantitative estimate of drug-likeness (QED) is 0.800. The first-order chi connectivity index (χ1) is 8.77. The molecule has 1 aromatic heterocycles. The normalized spacial score (nSPS) is 12.6. The standard InChI is InChI=1S/C15H20N2S/c1-12(15-13(2)17-11-18-15)16-10-6-9-14-7-4-3-5-8-14/h3-5,7-8,11-12,16H,6,9-10H2,1-2H3. The van der Waals surface area contributed by atoms with Crippen LogP contribution in [0.4, 0.5) is 0 Å². The second-order valence-electron chi connectivity index (χ2n) is 4.57. The monoisotopic (exact) mass is 260 g/mol. The van der Waals surface area contributed by atoms with E-state index >= 15 is 0 Å². The van der Waals surface area contributed by atoms with Gasteiger partial charge in [-0.15, -0.1) is 11.3 Å². The van der Waals surface area contributed by atoms with E-state index in [1.54, 1.807) is 11.3 Å². The topological polar surface area (TPSA) is 24.9 Å². The molecule has 18 heavy (non-hydrogen) atoms. The van der Waals surface area contributed by atoms with Gasteiger partial charge in [0, 0.05) is 10.9 Å². The van der Waals surface area contributed by atoms with Gasteiger partial charge in [0.25, 0.3) is 0 Å². The van der Waals surface area contributed by atoms with Crippen LogP contribution in [0.1, 0.15) is 35.5 Å². The van der Waals surface area contributed by atoms with Crippen molar-refractivity contribution >= 4 is 11.3 Å². The molecule has 3 heteroatoms. The van der Waals surface area contributed by atoms with Crippen molar-refractivity contribution in [3.63, 3.8) is 0 Å². The fourth-order valence-corrected chi connectivity index (χ4v) is 2.91. The zero-order chi connectivity index (χ0) is 12.8. The Balaban J connectivity index is 1.71.